The van der Waals surface area contributed by atoms with Crippen molar-refractivity contribution >= 4 is 46.0 Å². The molecule has 3 aromatic heterocycles. The zero-order valence-electron chi connectivity index (χ0n) is 32.0. The molecule has 55 heavy (non-hydrogen) atoms. The minimum Gasteiger partial charge on any atom is -0.461 e. The van der Waals surface area contributed by atoms with Gasteiger partial charge in [-0.15, -0.1) is 0 Å². The van der Waals surface area contributed by atoms with Crippen molar-refractivity contribution in [1.82, 2.24) is 35.4 Å². The molecule has 6 heterocycles. The molecule has 2 fully saturated rings. The SMILES string of the molecule is CC(=O)N[C@H](C(=O)N1CCCC1C1=NC=C(c2coc3c(-c4ccc(-c5cnc(C6CCCN6C(=O)[C@@H](NC(=O)CO)C(C)C)[nH]5)cc4)c[nH]c23)C1)C(C)C. The number of hydrogen-bond acceptors (Lipinski definition) is 8. The van der Waals surface area contributed by atoms with Crippen LogP contribution in [0.25, 0.3) is 39.1 Å². The number of aliphatic imine (C=N–C) groups is 1. The summed E-state index contributed by atoms with van der Waals surface area (Å²) >= 11 is 0. The zero-order chi connectivity index (χ0) is 39.0. The number of H-pyrrole nitrogens is 2. The largest absolute Gasteiger partial charge is 0.461 e. The van der Waals surface area contributed by atoms with Crippen molar-refractivity contribution in [3.8, 4) is 22.4 Å². The number of likely N-dealkylation sites (tertiary alicyclic amines) is 2. The third-order valence-electron chi connectivity index (χ3n) is 11.1. The topological polar surface area (TPSA) is 189 Å². The first-order valence-corrected chi connectivity index (χ1v) is 19.2. The quantitative estimate of drug-likeness (QED) is 0.135. The van der Waals surface area contributed by atoms with Crippen molar-refractivity contribution < 1.29 is 28.7 Å². The summed E-state index contributed by atoms with van der Waals surface area (Å²) in [6.07, 6.45) is 11.3. The first-order valence-electron chi connectivity index (χ1n) is 19.2. The molecular weight excluding hydrogens is 701 g/mol. The van der Waals surface area contributed by atoms with E-state index in [-0.39, 0.29) is 41.6 Å². The summed E-state index contributed by atoms with van der Waals surface area (Å²) in [7, 11) is 0. The molecule has 2 saturated heterocycles. The maximum absolute atomic E-state index is 13.6. The van der Waals surface area contributed by atoms with Gasteiger partial charge in [0.05, 0.1) is 29.5 Å². The second-order valence-corrected chi connectivity index (χ2v) is 15.5. The second kappa shape index (κ2) is 15.7. The number of aromatic nitrogens is 3. The lowest BCUT2D eigenvalue weighted by Gasteiger charge is -2.31. The summed E-state index contributed by atoms with van der Waals surface area (Å²) in [5, 5.41) is 14.7. The van der Waals surface area contributed by atoms with Crippen LogP contribution in [0.3, 0.4) is 0 Å². The smallest absolute Gasteiger partial charge is 0.246 e. The first-order chi connectivity index (χ1) is 26.4. The number of nitrogens with one attached hydrogen (secondary N) is 4. The van der Waals surface area contributed by atoms with Crippen LogP contribution in [0.1, 0.15) is 84.2 Å². The van der Waals surface area contributed by atoms with Crippen LogP contribution >= 0.6 is 0 Å². The number of nitrogens with zero attached hydrogens (tertiary/aromatic N) is 4. The molecule has 14 nitrogen and oxygen atoms in total. The predicted octanol–water partition coefficient (Wildman–Crippen LogP) is 4.95. The number of aromatic amines is 2. The molecule has 4 atom stereocenters. The van der Waals surface area contributed by atoms with Crippen LogP contribution in [0.4, 0.5) is 0 Å². The Bertz CT molecular complexity index is 2140. The first kappa shape index (κ1) is 37.8. The van der Waals surface area contributed by atoms with Crippen LogP contribution in [0, 0.1) is 11.8 Å². The number of allylic oxidation sites excluding steroid dienone is 1. The van der Waals surface area contributed by atoms with E-state index in [1.165, 1.54) is 6.92 Å². The van der Waals surface area contributed by atoms with Gasteiger partial charge in [0.25, 0.3) is 0 Å². The Hall–Kier alpha value is -5.50. The summed E-state index contributed by atoms with van der Waals surface area (Å²) in [4.78, 5) is 70.8. The Morgan fingerprint density at radius 2 is 1.55 bits per heavy atom. The monoisotopic (exact) mass is 750 g/mol. The maximum atomic E-state index is 13.6. The third-order valence-corrected chi connectivity index (χ3v) is 11.1. The molecule has 0 bridgehead atoms. The minimum atomic E-state index is -0.728. The Balaban J connectivity index is 1.02. The van der Waals surface area contributed by atoms with E-state index in [1.807, 2.05) is 69.3 Å². The maximum Gasteiger partial charge on any atom is 0.246 e. The average Bonchev–Trinajstić information content (AvgIpc) is 4.01. The van der Waals surface area contributed by atoms with Gasteiger partial charge in [0, 0.05) is 55.7 Å². The normalized spacial score (nSPS) is 19.6. The fraction of sp³-hybridized carbons (Fsp3) is 0.463. The fourth-order valence-corrected chi connectivity index (χ4v) is 8.17. The van der Waals surface area contributed by atoms with Gasteiger partial charge in [-0.2, -0.15) is 0 Å². The van der Waals surface area contributed by atoms with E-state index in [9.17, 15) is 24.3 Å². The number of aliphatic hydroxyl groups is 1. The summed E-state index contributed by atoms with van der Waals surface area (Å²) < 4.78 is 6.15. The molecule has 0 spiro atoms. The van der Waals surface area contributed by atoms with Gasteiger partial charge >= 0.3 is 0 Å². The molecule has 290 valence electrons. The number of benzene rings is 1. The number of amides is 4. The molecule has 0 radical (unpaired) electrons. The van der Waals surface area contributed by atoms with Gasteiger partial charge < -0.3 is 39.9 Å². The van der Waals surface area contributed by atoms with Crippen LogP contribution in [-0.4, -0.2) is 97.0 Å². The highest BCUT2D eigenvalue weighted by atomic mass is 16.3. The van der Waals surface area contributed by atoms with E-state index >= 15 is 0 Å². The fourth-order valence-electron chi connectivity index (χ4n) is 8.17. The van der Waals surface area contributed by atoms with Crippen molar-refractivity contribution in [3.63, 3.8) is 0 Å². The highest BCUT2D eigenvalue weighted by Crippen LogP contribution is 2.39. The average molecular weight is 751 g/mol. The van der Waals surface area contributed by atoms with E-state index in [1.54, 1.807) is 17.4 Å². The summed E-state index contributed by atoms with van der Waals surface area (Å²) in [6, 6.07) is 6.49. The van der Waals surface area contributed by atoms with Gasteiger partial charge in [0.15, 0.2) is 5.58 Å². The van der Waals surface area contributed by atoms with Crippen LogP contribution in [0.5, 0.6) is 0 Å². The van der Waals surface area contributed by atoms with Crippen LogP contribution < -0.4 is 10.6 Å². The predicted molar refractivity (Wildman–Crippen MR) is 208 cm³/mol. The van der Waals surface area contributed by atoms with E-state index in [0.717, 1.165) is 76.0 Å². The number of imidazole rings is 1. The number of carbonyl (C=O) groups is 4. The molecule has 14 heteroatoms. The van der Waals surface area contributed by atoms with Crippen molar-refractivity contribution in [3.05, 3.63) is 60.5 Å². The number of rotatable bonds is 12. The van der Waals surface area contributed by atoms with Crippen molar-refractivity contribution in [1.29, 1.82) is 0 Å². The van der Waals surface area contributed by atoms with Crippen molar-refractivity contribution in [2.24, 2.45) is 16.8 Å². The Labute approximate surface area is 319 Å². The lowest BCUT2D eigenvalue weighted by Crippen LogP contribution is -2.53. The molecule has 4 amide bonds. The molecule has 7 rings (SSSR count). The van der Waals surface area contributed by atoms with Crippen molar-refractivity contribution in [2.45, 2.75) is 90.9 Å². The molecule has 4 aromatic rings. The lowest BCUT2D eigenvalue weighted by molar-refractivity contribution is -0.139. The Morgan fingerprint density at radius 1 is 0.909 bits per heavy atom. The van der Waals surface area contributed by atoms with Crippen molar-refractivity contribution in [2.75, 3.05) is 19.7 Å². The number of carbonyl (C=O) groups excluding carboxylic acids is 4. The van der Waals surface area contributed by atoms with Crippen LogP contribution in [0.15, 0.2) is 58.5 Å². The molecule has 1 aromatic carbocycles. The van der Waals surface area contributed by atoms with Gasteiger partial charge in [-0.1, -0.05) is 52.0 Å². The molecule has 3 aliphatic heterocycles. The van der Waals surface area contributed by atoms with Gasteiger partial charge in [-0.3, -0.25) is 24.2 Å². The lowest BCUT2D eigenvalue weighted by atomic mass is 9.98. The van der Waals surface area contributed by atoms with E-state index in [2.05, 4.69) is 25.6 Å². The van der Waals surface area contributed by atoms with E-state index in [0.29, 0.717) is 25.3 Å². The molecule has 3 aliphatic rings. The van der Waals surface area contributed by atoms with E-state index < -0.39 is 24.6 Å². The molecule has 0 saturated carbocycles. The second-order valence-electron chi connectivity index (χ2n) is 15.5. The standard InChI is InChI=1S/C41H50N8O6/c1-22(2)35(45-24(5)51)40(53)48-14-6-8-32(48)30-16-27(17-42-30)29-21-55-38-28(18-43-37(29)38)25-10-12-26(13-11-25)31-19-44-39(46-31)33-9-7-15-49(33)41(54)36(23(3)4)47-34(52)20-50/h10-13,17-19,21-23,32-33,35-36,43,50H,6-9,14-16,20H2,1-5H3,(H,44,46)(H,45,51)(H,47,52)/t32?,33?,35-,36-/m0/s1. The van der Waals surface area contributed by atoms with E-state index in [4.69, 9.17) is 9.41 Å². The van der Waals surface area contributed by atoms with Crippen LogP contribution in [-0.2, 0) is 19.2 Å². The minimum absolute atomic E-state index is 0.0283. The number of aliphatic hydroxyl groups excluding tert-OH is 1. The molecule has 5 N–H and O–H groups in total. The third kappa shape index (κ3) is 7.47. The number of hydrogen-bond donors (Lipinski definition) is 5. The van der Waals surface area contributed by atoms with Crippen LogP contribution in [0.2, 0.25) is 0 Å². The van der Waals surface area contributed by atoms with Gasteiger partial charge in [0.2, 0.25) is 23.6 Å². The highest BCUT2D eigenvalue weighted by molar-refractivity contribution is 6.07. The Morgan fingerprint density at radius 3 is 2.20 bits per heavy atom. The molecule has 0 aliphatic carbocycles. The summed E-state index contributed by atoms with van der Waals surface area (Å²) in [5.41, 5.74) is 8.21. The molecule has 2 unspecified atom stereocenters. The Kier molecular flexibility index (Phi) is 10.8. The van der Waals surface area contributed by atoms with Gasteiger partial charge in [-0.05, 0) is 54.2 Å². The number of furan rings is 1. The van der Waals surface area contributed by atoms with Gasteiger partial charge in [-0.25, -0.2) is 4.98 Å². The number of fused-ring (bicyclic) bond motifs is 1. The zero-order valence-corrected chi connectivity index (χ0v) is 32.0. The molecular formula is C41H50N8O6. The van der Waals surface area contributed by atoms with Gasteiger partial charge in [0.1, 0.15) is 30.8 Å². The highest BCUT2D eigenvalue weighted by Gasteiger charge is 2.39. The summed E-state index contributed by atoms with van der Waals surface area (Å²) in [6.45, 7) is 9.62. The summed E-state index contributed by atoms with van der Waals surface area (Å²) in [5.74, 6) is -0.491.